The minimum absolute atomic E-state index is 0.123. The monoisotopic (exact) mass is 250 g/mol. The van der Waals surface area contributed by atoms with Crippen molar-refractivity contribution >= 4 is 16.1 Å². The Bertz CT molecular complexity index is 659. The maximum absolute atomic E-state index is 11.3. The molecule has 0 aliphatic rings. The molecule has 2 rings (SSSR count). The first-order valence-electron chi connectivity index (χ1n) is 4.81. The Labute approximate surface area is 98.6 Å². The van der Waals surface area contributed by atoms with Gasteiger partial charge in [-0.25, -0.2) is 13.1 Å². The fraction of sp³-hybridized carbons (Fsp3) is 0.0909. The van der Waals surface area contributed by atoms with Gasteiger partial charge in [0, 0.05) is 18.0 Å². The molecule has 1 heterocycles. The number of hydrogen-bond donors (Lipinski definition) is 0. The highest BCUT2D eigenvalue weighted by molar-refractivity contribution is 7.90. The molecule has 17 heavy (non-hydrogen) atoms. The lowest BCUT2D eigenvalue weighted by Gasteiger charge is -2.03. The van der Waals surface area contributed by atoms with E-state index in [1.807, 2.05) is 0 Å². The van der Waals surface area contributed by atoms with E-state index >= 15 is 0 Å². The molecule has 0 atom stereocenters. The van der Waals surface area contributed by atoms with Gasteiger partial charge >= 0.3 is 0 Å². The van der Waals surface area contributed by atoms with Crippen LogP contribution in [0.15, 0.2) is 41.6 Å². The van der Waals surface area contributed by atoms with Crippen molar-refractivity contribution < 1.29 is 13.2 Å². The molecule has 1 aromatic carbocycles. The molecule has 0 aliphatic heterocycles. The molecule has 1 aromatic heterocycles. The van der Waals surface area contributed by atoms with Crippen molar-refractivity contribution in [2.24, 2.45) is 0 Å². The van der Waals surface area contributed by atoms with Crippen LogP contribution in [-0.4, -0.2) is 30.7 Å². The highest BCUT2D eigenvalue weighted by Crippen LogP contribution is 2.14. The van der Waals surface area contributed by atoms with Crippen LogP contribution in [-0.2, 0) is 9.84 Å². The van der Waals surface area contributed by atoms with Crippen LogP contribution in [0.1, 0.15) is 10.4 Å². The second-order valence-corrected chi connectivity index (χ2v) is 5.59. The van der Waals surface area contributed by atoms with E-state index in [1.165, 1.54) is 17.1 Å². The molecular weight excluding hydrogens is 240 g/mol. The Morgan fingerprint density at radius 2 is 2.00 bits per heavy atom. The molecule has 0 spiro atoms. The van der Waals surface area contributed by atoms with Crippen LogP contribution in [0.5, 0.6) is 0 Å². The largest absolute Gasteiger partial charge is 0.298 e. The Balaban J connectivity index is 2.55. The summed E-state index contributed by atoms with van der Waals surface area (Å²) in [6.45, 7) is 0. The minimum Gasteiger partial charge on any atom is -0.298 e. The molecule has 2 aromatic rings. The van der Waals surface area contributed by atoms with Gasteiger partial charge < -0.3 is 0 Å². The number of sulfone groups is 1. The van der Waals surface area contributed by atoms with Gasteiger partial charge in [-0.1, -0.05) is 12.1 Å². The molecular formula is C11H10N2O3S. The van der Waals surface area contributed by atoms with Gasteiger partial charge in [-0.3, -0.25) is 4.79 Å². The van der Waals surface area contributed by atoms with Gasteiger partial charge in [0.1, 0.15) is 4.90 Å². The summed E-state index contributed by atoms with van der Waals surface area (Å²) in [5.74, 6) is 0. The van der Waals surface area contributed by atoms with E-state index in [0.717, 1.165) is 6.26 Å². The van der Waals surface area contributed by atoms with E-state index in [4.69, 9.17) is 0 Å². The third-order valence-electron chi connectivity index (χ3n) is 2.30. The first-order chi connectivity index (χ1) is 8.02. The predicted molar refractivity (Wildman–Crippen MR) is 62.1 cm³/mol. The second kappa shape index (κ2) is 4.14. The lowest BCUT2D eigenvalue weighted by Crippen LogP contribution is -1.99. The highest BCUT2D eigenvalue weighted by Gasteiger charge is 2.11. The molecule has 5 nitrogen and oxygen atoms in total. The topological polar surface area (TPSA) is 69.0 Å². The van der Waals surface area contributed by atoms with Crippen molar-refractivity contribution in [2.75, 3.05) is 6.26 Å². The van der Waals surface area contributed by atoms with Gasteiger partial charge in [-0.2, -0.15) is 5.10 Å². The van der Waals surface area contributed by atoms with Crippen molar-refractivity contribution in [3.8, 4) is 5.69 Å². The normalized spacial score (nSPS) is 11.4. The van der Waals surface area contributed by atoms with Crippen LogP contribution in [0.2, 0.25) is 0 Å². The summed E-state index contributed by atoms with van der Waals surface area (Å²) < 4.78 is 24.0. The van der Waals surface area contributed by atoms with Crippen molar-refractivity contribution in [2.45, 2.75) is 4.90 Å². The summed E-state index contributed by atoms with van der Waals surface area (Å²) in [4.78, 5) is 11.0. The Kier molecular flexibility index (Phi) is 2.81. The zero-order chi connectivity index (χ0) is 12.5. The summed E-state index contributed by atoms with van der Waals surface area (Å²) in [6, 6.07) is 6.82. The fourth-order valence-electron chi connectivity index (χ4n) is 1.43. The third kappa shape index (κ3) is 2.26. The van der Waals surface area contributed by atoms with Gasteiger partial charge in [-0.05, 0) is 12.1 Å². The lowest BCUT2D eigenvalue weighted by atomic mass is 10.2. The average molecular weight is 250 g/mol. The number of aldehydes is 1. The van der Waals surface area contributed by atoms with Gasteiger partial charge in [0.05, 0.1) is 11.9 Å². The molecule has 0 saturated carbocycles. The van der Waals surface area contributed by atoms with Crippen LogP contribution in [0.25, 0.3) is 5.69 Å². The number of hydrogen-bond acceptors (Lipinski definition) is 4. The minimum atomic E-state index is -3.28. The highest BCUT2D eigenvalue weighted by atomic mass is 32.2. The Morgan fingerprint density at radius 1 is 1.29 bits per heavy atom. The smallest absolute Gasteiger partial charge is 0.178 e. The predicted octanol–water partition coefficient (Wildman–Crippen LogP) is 1.09. The van der Waals surface area contributed by atoms with E-state index in [9.17, 15) is 13.2 Å². The second-order valence-electron chi connectivity index (χ2n) is 3.57. The number of carbonyl (C=O) groups excluding carboxylic acids is 1. The van der Waals surface area contributed by atoms with Gasteiger partial charge in [0.25, 0.3) is 0 Å². The number of carbonyl (C=O) groups is 1. The molecule has 0 amide bonds. The van der Waals surface area contributed by atoms with Crippen LogP contribution in [0.4, 0.5) is 0 Å². The number of para-hydroxylation sites is 1. The Hall–Kier alpha value is -1.95. The van der Waals surface area contributed by atoms with Crippen LogP contribution in [0, 0.1) is 0 Å². The van der Waals surface area contributed by atoms with E-state index in [1.54, 1.807) is 24.3 Å². The molecule has 0 radical (unpaired) electrons. The molecule has 6 heteroatoms. The third-order valence-corrected chi connectivity index (χ3v) is 3.36. The summed E-state index contributed by atoms with van der Waals surface area (Å²) in [7, 11) is -3.28. The van der Waals surface area contributed by atoms with Crippen LogP contribution in [0.3, 0.4) is 0 Å². The van der Waals surface area contributed by atoms with Crippen molar-refractivity contribution in [1.82, 2.24) is 9.78 Å². The molecule has 0 saturated heterocycles. The lowest BCUT2D eigenvalue weighted by molar-refractivity contribution is 0.112. The van der Waals surface area contributed by atoms with E-state index < -0.39 is 9.84 Å². The quantitative estimate of drug-likeness (QED) is 0.764. The molecule has 0 N–H and O–H groups in total. The summed E-state index contributed by atoms with van der Waals surface area (Å²) in [6.07, 6.45) is 4.46. The maximum atomic E-state index is 11.3. The molecule has 0 bridgehead atoms. The summed E-state index contributed by atoms with van der Waals surface area (Å²) >= 11 is 0. The zero-order valence-corrected chi connectivity index (χ0v) is 9.89. The number of benzene rings is 1. The number of nitrogens with zero attached hydrogens (tertiary/aromatic N) is 2. The maximum Gasteiger partial charge on any atom is 0.178 e. The van der Waals surface area contributed by atoms with Crippen molar-refractivity contribution in [3.63, 3.8) is 0 Å². The van der Waals surface area contributed by atoms with Gasteiger partial charge in [0.2, 0.25) is 0 Å². The van der Waals surface area contributed by atoms with Crippen molar-refractivity contribution in [3.05, 3.63) is 42.2 Å². The van der Waals surface area contributed by atoms with Crippen LogP contribution >= 0.6 is 0 Å². The fourth-order valence-corrected chi connectivity index (χ4v) is 1.96. The molecule has 0 aliphatic carbocycles. The number of rotatable bonds is 3. The van der Waals surface area contributed by atoms with Gasteiger partial charge in [-0.15, -0.1) is 0 Å². The SMILES string of the molecule is CS(=O)(=O)c1cnn(-c2ccccc2C=O)c1. The van der Waals surface area contributed by atoms with E-state index in [0.29, 0.717) is 17.5 Å². The first-order valence-corrected chi connectivity index (χ1v) is 6.71. The number of aromatic nitrogens is 2. The standard InChI is InChI=1S/C11H10N2O3S/c1-17(15,16)10-6-12-13(7-10)11-5-3-2-4-9(11)8-14/h2-8H,1H3. The molecule has 0 unspecified atom stereocenters. The van der Waals surface area contributed by atoms with E-state index in [2.05, 4.69) is 5.10 Å². The molecule has 88 valence electrons. The Morgan fingerprint density at radius 3 is 2.59 bits per heavy atom. The summed E-state index contributed by atoms with van der Waals surface area (Å²) in [5, 5.41) is 3.94. The van der Waals surface area contributed by atoms with Gasteiger partial charge in [0.15, 0.2) is 16.1 Å². The van der Waals surface area contributed by atoms with Crippen molar-refractivity contribution in [1.29, 1.82) is 0 Å². The molecule has 0 fully saturated rings. The zero-order valence-electron chi connectivity index (χ0n) is 9.07. The summed E-state index contributed by atoms with van der Waals surface area (Å²) in [5.41, 5.74) is 1.01. The average Bonchev–Trinajstić information content (AvgIpc) is 2.77. The van der Waals surface area contributed by atoms with Crippen LogP contribution < -0.4 is 0 Å². The first kappa shape index (κ1) is 11.5. The van der Waals surface area contributed by atoms with E-state index in [-0.39, 0.29) is 4.90 Å².